The van der Waals surface area contributed by atoms with Crippen LogP contribution in [-0.4, -0.2) is 21.0 Å². The molecule has 0 radical (unpaired) electrons. The molecule has 0 aliphatic carbocycles. The predicted molar refractivity (Wildman–Crippen MR) is 86.3 cm³/mol. The first-order chi connectivity index (χ1) is 11.6. The molecule has 1 N–H and O–H groups in total. The predicted octanol–water partition coefficient (Wildman–Crippen LogP) is 2.57. The van der Waals surface area contributed by atoms with Crippen molar-refractivity contribution in [2.75, 3.05) is 0 Å². The smallest absolute Gasteiger partial charge is 0.273 e. The highest BCUT2D eigenvalue weighted by Crippen LogP contribution is 2.21. The molecule has 24 heavy (non-hydrogen) atoms. The first kappa shape index (κ1) is 15.8. The molecule has 8 nitrogen and oxygen atoms in total. The number of nitrogens with zero attached hydrogens (tertiary/aromatic N) is 3. The third-order valence-corrected chi connectivity index (χ3v) is 4.05. The van der Waals surface area contributed by atoms with Crippen LogP contribution in [0.25, 0.3) is 10.7 Å². The number of nitro benzene ring substituents is 1. The lowest BCUT2D eigenvalue weighted by Crippen LogP contribution is -2.25. The second-order valence-electron chi connectivity index (χ2n) is 4.83. The van der Waals surface area contributed by atoms with E-state index in [4.69, 9.17) is 4.52 Å². The molecule has 1 aromatic carbocycles. The molecule has 1 amide bonds. The van der Waals surface area contributed by atoms with E-state index in [0.29, 0.717) is 11.4 Å². The van der Waals surface area contributed by atoms with Gasteiger partial charge in [-0.3, -0.25) is 14.9 Å². The minimum absolute atomic E-state index is 0.0673. The molecular weight excluding hydrogens is 332 g/mol. The number of benzene rings is 1. The Bertz CT molecular complexity index is 860. The summed E-state index contributed by atoms with van der Waals surface area (Å²) in [7, 11) is 0. The average Bonchev–Trinajstić information content (AvgIpc) is 3.24. The summed E-state index contributed by atoms with van der Waals surface area (Å²) in [6.45, 7) is 0.0673. The maximum atomic E-state index is 12.0. The Balaban J connectivity index is 1.59. The van der Waals surface area contributed by atoms with Crippen molar-refractivity contribution in [3.63, 3.8) is 0 Å². The fourth-order valence-electron chi connectivity index (χ4n) is 2.08. The largest absolute Gasteiger partial charge is 0.347 e. The third-order valence-electron chi connectivity index (χ3n) is 3.19. The molecule has 9 heteroatoms. The standard InChI is InChI=1S/C15H12N4O4S/c20-13(8-10-4-1-2-5-11(10)19(21)22)16-9-14-17-15(18-23-14)12-6-3-7-24-12/h1-7H,8-9H2,(H,16,20). The molecule has 0 saturated heterocycles. The van der Waals surface area contributed by atoms with Gasteiger partial charge in [-0.1, -0.05) is 29.4 Å². The van der Waals surface area contributed by atoms with Crippen molar-refractivity contribution < 1.29 is 14.2 Å². The summed E-state index contributed by atoms with van der Waals surface area (Å²) in [5, 5.41) is 19.3. The quantitative estimate of drug-likeness (QED) is 0.543. The van der Waals surface area contributed by atoms with Crippen LogP contribution < -0.4 is 5.32 Å². The Morgan fingerprint density at radius 1 is 1.29 bits per heavy atom. The second-order valence-corrected chi connectivity index (χ2v) is 5.78. The van der Waals surface area contributed by atoms with E-state index >= 15 is 0 Å². The van der Waals surface area contributed by atoms with Crippen molar-refractivity contribution in [3.05, 3.63) is 63.3 Å². The molecule has 0 saturated carbocycles. The summed E-state index contributed by atoms with van der Waals surface area (Å²) < 4.78 is 5.07. The van der Waals surface area contributed by atoms with Gasteiger partial charge < -0.3 is 9.84 Å². The molecule has 0 spiro atoms. The molecule has 2 aromatic heterocycles. The van der Waals surface area contributed by atoms with Gasteiger partial charge in [-0.2, -0.15) is 4.98 Å². The summed E-state index contributed by atoms with van der Waals surface area (Å²) in [4.78, 5) is 27.5. The Kier molecular flexibility index (Phi) is 4.62. The van der Waals surface area contributed by atoms with Gasteiger partial charge in [0.1, 0.15) is 0 Å². The summed E-state index contributed by atoms with van der Waals surface area (Å²) in [5.74, 6) is 0.377. The fraction of sp³-hybridized carbons (Fsp3) is 0.133. The minimum atomic E-state index is -0.506. The Labute approximate surface area is 140 Å². The van der Waals surface area contributed by atoms with Crippen LogP contribution >= 0.6 is 11.3 Å². The highest BCUT2D eigenvalue weighted by molar-refractivity contribution is 7.13. The van der Waals surface area contributed by atoms with Crippen LogP contribution in [-0.2, 0) is 17.8 Å². The summed E-state index contributed by atoms with van der Waals surface area (Å²) in [6, 6.07) is 9.88. The summed E-state index contributed by atoms with van der Waals surface area (Å²) in [6.07, 6.45) is -0.0942. The molecule has 0 aliphatic rings. The normalized spacial score (nSPS) is 10.5. The number of rotatable bonds is 6. The zero-order chi connectivity index (χ0) is 16.9. The Morgan fingerprint density at radius 3 is 2.88 bits per heavy atom. The van der Waals surface area contributed by atoms with E-state index in [1.807, 2.05) is 17.5 Å². The van der Waals surface area contributed by atoms with Gasteiger partial charge in [0.2, 0.25) is 17.6 Å². The Hall–Kier alpha value is -3.07. The number of carbonyl (C=O) groups excluding carboxylic acids is 1. The van der Waals surface area contributed by atoms with Gasteiger partial charge in [-0.25, -0.2) is 0 Å². The SMILES string of the molecule is O=C(Cc1ccccc1[N+](=O)[O-])NCc1nc(-c2cccs2)no1. The van der Waals surface area contributed by atoms with Crippen molar-refractivity contribution in [1.29, 1.82) is 0 Å². The van der Waals surface area contributed by atoms with Gasteiger partial charge in [-0.15, -0.1) is 11.3 Å². The summed E-state index contributed by atoms with van der Waals surface area (Å²) in [5.41, 5.74) is 0.273. The Morgan fingerprint density at radius 2 is 2.12 bits per heavy atom. The minimum Gasteiger partial charge on any atom is -0.347 e. The van der Waals surface area contributed by atoms with Crippen LogP contribution in [0.2, 0.25) is 0 Å². The van der Waals surface area contributed by atoms with Crippen LogP contribution in [0.1, 0.15) is 11.5 Å². The van der Waals surface area contributed by atoms with Crippen molar-refractivity contribution in [3.8, 4) is 10.7 Å². The number of hydrogen-bond donors (Lipinski definition) is 1. The molecule has 0 unspecified atom stereocenters. The molecule has 0 atom stereocenters. The molecule has 0 fully saturated rings. The van der Waals surface area contributed by atoms with E-state index in [9.17, 15) is 14.9 Å². The summed E-state index contributed by atoms with van der Waals surface area (Å²) >= 11 is 1.48. The van der Waals surface area contributed by atoms with E-state index in [1.54, 1.807) is 18.2 Å². The number of aromatic nitrogens is 2. The van der Waals surface area contributed by atoms with E-state index in [2.05, 4.69) is 15.5 Å². The van der Waals surface area contributed by atoms with E-state index < -0.39 is 4.92 Å². The van der Waals surface area contributed by atoms with Gasteiger partial charge in [-0.05, 0) is 11.4 Å². The molecule has 3 rings (SSSR count). The van der Waals surface area contributed by atoms with Crippen LogP contribution in [0.15, 0.2) is 46.3 Å². The number of hydrogen-bond acceptors (Lipinski definition) is 7. The van der Waals surface area contributed by atoms with Crippen LogP contribution in [0, 0.1) is 10.1 Å². The van der Waals surface area contributed by atoms with Gasteiger partial charge in [0, 0.05) is 11.6 Å². The zero-order valence-corrected chi connectivity index (χ0v) is 13.2. The average molecular weight is 344 g/mol. The van der Waals surface area contributed by atoms with Gasteiger partial charge in [0.15, 0.2) is 0 Å². The molecular formula is C15H12N4O4S. The third kappa shape index (κ3) is 3.63. The highest BCUT2D eigenvalue weighted by Gasteiger charge is 2.16. The van der Waals surface area contributed by atoms with Crippen LogP contribution in [0.4, 0.5) is 5.69 Å². The fourth-order valence-corrected chi connectivity index (χ4v) is 2.73. The van der Waals surface area contributed by atoms with Gasteiger partial charge in [0.05, 0.1) is 22.8 Å². The lowest BCUT2D eigenvalue weighted by Gasteiger charge is -2.03. The maximum Gasteiger partial charge on any atom is 0.273 e. The van der Waals surface area contributed by atoms with Gasteiger partial charge >= 0.3 is 0 Å². The molecule has 122 valence electrons. The number of nitrogens with one attached hydrogen (secondary N) is 1. The number of amides is 1. The lowest BCUT2D eigenvalue weighted by molar-refractivity contribution is -0.385. The first-order valence-electron chi connectivity index (χ1n) is 6.99. The van der Waals surface area contributed by atoms with Crippen LogP contribution in [0.5, 0.6) is 0 Å². The highest BCUT2D eigenvalue weighted by atomic mass is 32.1. The molecule has 2 heterocycles. The van der Waals surface area contributed by atoms with Crippen molar-refractivity contribution in [1.82, 2.24) is 15.5 Å². The number of para-hydroxylation sites is 1. The number of nitro groups is 1. The van der Waals surface area contributed by atoms with Crippen molar-refractivity contribution in [2.45, 2.75) is 13.0 Å². The second kappa shape index (κ2) is 7.01. The maximum absolute atomic E-state index is 12.0. The van der Waals surface area contributed by atoms with E-state index in [-0.39, 0.29) is 30.5 Å². The van der Waals surface area contributed by atoms with Gasteiger partial charge in [0.25, 0.3) is 5.69 Å². The molecule has 3 aromatic rings. The zero-order valence-electron chi connectivity index (χ0n) is 12.3. The topological polar surface area (TPSA) is 111 Å². The molecule has 0 aliphatic heterocycles. The number of thiophene rings is 1. The van der Waals surface area contributed by atoms with Crippen molar-refractivity contribution >= 4 is 22.9 Å². The monoisotopic (exact) mass is 344 g/mol. The number of carbonyl (C=O) groups is 1. The first-order valence-corrected chi connectivity index (χ1v) is 7.87. The van der Waals surface area contributed by atoms with E-state index in [1.165, 1.54) is 17.4 Å². The van der Waals surface area contributed by atoms with Crippen LogP contribution in [0.3, 0.4) is 0 Å². The molecule has 0 bridgehead atoms. The lowest BCUT2D eigenvalue weighted by atomic mass is 10.1. The van der Waals surface area contributed by atoms with E-state index in [0.717, 1.165) is 4.88 Å². The van der Waals surface area contributed by atoms with Crippen molar-refractivity contribution in [2.24, 2.45) is 0 Å².